The molecule has 0 aliphatic rings. The number of ether oxygens (including phenoxy) is 1. The smallest absolute Gasteiger partial charge is 0.335 e. The molecule has 0 radical (unpaired) electrons. The largest absolute Gasteiger partial charge is 0.504 e. The quantitative estimate of drug-likeness (QED) is 0.148. The van der Waals surface area contributed by atoms with Gasteiger partial charge >= 0.3 is 5.97 Å². The van der Waals surface area contributed by atoms with Crippen LogP contribution in [0.1, 0.15) is 10.4 Å². The molecule has 34 heavy (non-hydrogen) atoms. The predicted molar refractivity (Wildman–Crippen MR) is 111 cm³/mol. The van der Waals surface area contributed by atoms with E-state index in [1.165, 1.54) is 0 Å². The Bertz CT molecular complexity index is 1810. The van der Waals surface area contributed by atoms with Gasteiger partial charge < -0.3 is 49.3 Å². The summed E-state index contributed by atoms with van der Waals surface area (Å²) < 4.78 is 15.5. The van der Waals surface area contributed by atoms with Gasteiger partial charge in [-0.25, -0.2) is 4.79 Å². The van der Waals surface area contributed by atoms with Gasteiger partial charge in [-0.2, -0.15) is 0 Å². The number of carbonyl (C=O) groups is 1. The molecule has 0 bridgehead atoms. The van der Waals surface area contributed by atoms with E-state index in [0.29, 0.717) is 6.07 Å². The summed E-state index contributed by atoms with van der Waals surface area (Å²) in [7, 11) is 0. The van der Waals surface area contributed by atoms with Crippen LogP contribution in [0.15, 0.2) is 36.6 Å². The number of carboxylic acids is 1. The maximum atomic E-state index is 12.8. The van der Waals surface area contributed by atoms with Gasteiger partial charge in [0, 0.05) is 5.39 Å². The molecule has 2 heterocycles. The molecule has 0 saturated carbocycles. The minimum Gasteiger partial charge on any atom is -0.504 e. The second-order valence-electron chi connectivity index (χ2n) is 7.13. The van der Waals surface area contributed by atoms with Crippen molar-refractivity contribution in [3.63, 3.8) is 0 Å². The van der Waals surface area contributed by atoms with Gasteiger partial charge in [-0.3, -0.25) is 9.59 Å². The monoisotopic (exact) mass is 470 g/mol. The van der Waals surface area contributed by atoms with Crippen molar-refractivity contribution in [2.24, 2.45) is 0 Å². The Morgan fingerprint density at radius 1 is 0.735 bits per heavy atom. The fourth-order valence-electron chi connectivity index (χ4n) is 3.65. The molecule has 0 aliphatic heterocycles. The van der Waals surface area contributed by atoms with Gasteiger partial charge in [0.1, 0.15) is 5.39 Å². The summed E-state index contributed by atoms with van der Waals surface area (Å²) in [4.78, 5) is 36.5. The molecule has 0 fully saturated rings. The molecule has 13 nitrogen and oxygen atoms in total. The van der Waals surface area contributed by atoms with E-state index in [-0.39, 0.29) is 16.2 Å². The van der Waals surface area contributed by atoms with E-state index in [1.807, 2.05) is 0 Å². The number of carboxylic acid groups (broad SMARTS) is 1. The highest BCUT2D eigenvalue weighted by Gasteiger charge is 2.30. The van der Waals surface area contributed by atoms with Crippen molar-refractivity contribution in [3.05, 3.63) is 44.2 Å². The number of benzene rings is 3. The summed E-state index contributed by atoms with van der Waals surface area (Å²) in [5.74, 6) is -9.09. The molecule has 5 aromatic rings. The standard InChI is InChI=1S/C21H10O13/c22-6-1-4(19(28)29)2-8(12(6)24)32-18-11-10-9-5(20(30)33-17(10)14(26)15(18)27)3-7(23)13(25)16(9)34-21(11)31/h1-3,22-24,27,30-31H,(H,28,29). The highest BCUT2D eigenvalue weighted by atomic mass is 16.5. The summed E-state index contributed by atoms with van der Waals surface area (Å²) in [5.41, 5.74) is -4.32. The maximum absolute atomic E-state index is 12.8. The third-order valence-electron chi connectivity index (χ3n) is 5.16. The molecule has 0 unspecified atom stereocenters. The topological polar surface area (TPSA) is 228 Å². The molecule has 7 N–H and O–H groups in total. The van der Waals surface area contributed by atoms with Crippen LogP contribution >= 0.6 is 0 Å². The van der Waals surface area contributed by atoms with Crippen molar-refractivity contribution in [3.8, 4) is 46.4 Å². The molecule has 0 atom stereocenters. The molecule has 0 amide bonds. The predicted octanol–water partition coefficient (Wildman–Crippen LogP) is 2.21. The first-order chi connectivity index (χ1) is 16.0. The lowest BCUT2D eigenvalue weighted by atomic mass is 10.0. The third-order valence-corrected chi connectivity index (χ3v) is 5.16. The van der Waals surface area contributed by atoms with E-state index in [1.54, 1.807) is 0 Å². The zero-order valence-corrected chi connectivity index (χ0v) is 16.3. The van der Waals surface area contributed by atoms with Crippen LogP contribution in [0, 0.1) is 0 Å². The van der Waals surface area contributed by atoms with Crippen molar-refractivity contribution in [2.75, 3.05) is 0 Å². The summed E-state index contributed by atoms with van der Waals surface area (Å²) in [5, 5.41) is 68.6. The van der Waals surface area contributed by atoms with Crippen LogP contribution in [0.4, 0.5) is 0 Å². The zero-order valence-electron chi connectivity index (χ0n) is 16.3. The van der Waals surface area contributed by atoms with Crippen molar-refractivity contribution in [1.29, 1.82) is 0 Å². The summed E-state index contributed by atoms with van der Waals surface area (Å²) in [6.45, 7) is 0. The Balaban J connectivity index is 1.96. The molecule has 2 aromatic heterocycles. The van der Waals surface area contributed by atoms with Crippen LogP contribution in [-0.4, -0.2) is 41.7 Å². The van der Waals surface area contributed by atoms with Gasteiger partial charge in [-0.15, -0.1) is 0 Å². The Kier molecular flexibility index (Phi) is 3.98. The molecule has 0 saturated heterocycles. The first-order valence-corrected chi connectivity index (χ1v) is 9.13. The Morgan fingerprint density at radius 3 is 2.06 bits per heavy atom. The Labute approximate surface area is 184 Å². The number of aromatic hydroxyl groups is 6. The SMILES string of the molecule is O=C(O)c1cc(O)c(O)c(Oc2c(O)c(=O)c3oc(O)c4cc(O)c(=O)c5oc(O)c2c3c45)c1. The molecular formula is C21H10O13. The van der Waals surface area contributed by atoms with Gasteiger partial charge in [-0.05, 0) is 18.2 Å². The summed E-state index contributed by atoms with van der Waals surface area (Å²) >= 11 is 0. The van der Waals surface area contributed by atoms with Crippen LogP contribution < -0.4 is 15.6 Å². The normalized spacial score (nSPS) is 11.5. The number of hydrogen-bond acceptors (Lipinski definition) is 12. The van der Waals surface area contributed by atoms with Gasteiger partial charge in [-0.1, -0.05) is 0 Å². The van der Waals surface area contributed by atoms with Gasteiger partial charge in [0.05, 0.1) is 16.3 Å². The molecule has 3 aromatic carbocycles. The Hall–Kier alpha value is -5.33. The van der Waals surface area contributed by atoms with E-state index < -0.39 is 85.3 Å². The van der Waals surface area contributed by atoms with Crippen molar-refractivity contribution in [2.45, 2.75) is 0 Å². The molecule has 13 heteroatoms. The second-order valence-corrected chi connectivity index (χ2v) is 7.13. The highest BCUT2D eigenvalue weighted by Crippen LogP contribution is 2.50. The second kappa shape index (κ2) is 6.59. The van der Waals surface area contributed by atoms with Crippen LogP contribution in [-0.2, 0) is 0 Å². The number of hydrogen-bond donors (Lipinski definition) is 7. The molecule has 0 aliphatic carbocycles. The van der Waals surface area contributed by atoms with Crippen molar-refractivity contribution >= 4 is 38.7 Å². The fourth-order valence-corrected chi connectivity index (χ4v) is 3.65. The number of aromatic carboxylic acids is 1. The summed E-state index contributed by atoms with van der Waals surface area (Å²) in [6.07, 6.45) is 0. The zero-order chi connectivity index (χ0) is 24.6. The van der Waals surface area contributed by atoms with E-state index >= 15 is 0 Å². The molecule has 5 rings (SSSR count). The number of phenols is 4. The number of phenolic OH excluding ortho intramolecular Hbond substituents is 4. The molecular weight excluding hydrogens is 460 g/mol. The lowest BCUT2D eigenvalue weighted by Crippen LogP contribution is -2.08. The first kappa shape index (κ1) is 20.6. The third kappa shape index (κ3) is 2.57. The molecule has 172 valence electrons. The fraction of sp³-hybridized carbons (Fsp3) is 0. The minimum absolute atomic E-state index is 0.275. The minimum atomic E-state index is -1.51. The lowest BCUT2D eigenvalue weighted by molar-refractivity contribution is 0.0696. The van der Waals surface area contributed by atoms with Crippen LogP contribution in [0.25, 0.3) is 32.7 Å². The van der Waals surface area contributed by atoms with Gasteiger partial charge in [0.2, 0.25) is 11.5 Å². The van der Waals surface area contributed by atoms with Gasteiger partial charge in [0.15, 0.2) is 34.2 Å². The lowest BCUT2D eigenvalue weighted by Gasteiger charge is -2.16. The average Bonchev–Trinajstić information content (AvgIpc) is 2.78. The van der Waals surface area contributed by atoms with E-state index in [2.05, 4.69) is 0 Å². The Morgan fingerprint density at radius 2 is 1.38 bits per heavy atom. The van der Waals surface area contributed by atoms with E-state index in [0.717, 1.165) is 12.1 Å². The first-order valence-electron chi connectivity index (χ1n) is 9.13. The average molecular weight is 470 g/mol. The van der Waals surface area contributed by atoms with Crippen molar-refractivity contribution < 1.29 is 54.1 Å². The highest BCUT2D eigenvalue weighted by molar-refractivity contribution is 6.23. The summed E-state index contributed by atoms with van der Waals surface area (Å²) in [6, 6.07) is 2.30. The van der Waals surface area contributed by atoms with E-state index in [9.17, 15) is 50.1 Å². The van der Waals surface area contributed by atoms with Gasteiger partial charge in [0.25, 0.3) is 22.8 Å². The number of rotatable bonds is 3. The van der Waals surface area contributed by atoms with E-state index in [4.69, 9.17) is 13.6 Å². The van der Waals surface area contributed by atoms with Crippen LogP contribution in [0.3, 0.4) is 0 Å². The molecule has 0 spiro atoms. The maximum Gasteiger partial charge on any atom is 0.335 e. The van der Waals surface area contributed by atoms with Crippen LogP contribution in [0.2, 0.25) is 0 Å². The van der Waals surface area contributed by atoms with Crippen molar-refractivity contribution in [1.82, 2.24) is 0 Å². The van der Waals surface area contributed by atoms with Crippen LogP contribution in [0.5, 0.6) is 46.4 Å².